The third-order valence-corrected chi connectivity index (χ3v) is 4.68. The molecule has 3 aromatic rings. The van der Waals surface area contributed by atoms with Crippen molar-refractivity contribution in [3.05, 3.63) is 87.9 Å². The van der Waals surface area contributed by atoms with Crippen LogP contribution < -0.4 is 10.1 Å². The van der Waals surface area contributed by atoms with E-state index < -0.39 is 10.8 Å². The van der Waals surface area contributed by atoms with Gasteiger partial charge in [-0.3, -0.25) is 14.9 Å². The second-order valence-electron chi connectivity index (χ2n) is 6.66. The molecule has 0 aliphatic heterocycles. The topological polar surface area (TPSA) is 94.6 Å². The molecular formula is C22H22N2O5. The molecule has 0 aliphatic carbocycles. The summed E-state index contributed by atoms with van der Waals surface area (Å²) in [5.74, 6) is 1.16. The van der Waals surface area contributed by atoms with Crippen LogP contribution in [0.1, 0.15) is 48.1 Å². The predicted molar refractivity (Wildman–Crippen MR) is 109 cm³/mol. The quantitative estimate of drug-likeness (QED) is 0.400. The second kappa shape index (κ2) is 9.05. The van der Waals surface area contributed by atoms with Crippen LogP contribution in [0.5, 0.6) is 5.75 Å². The number of nitrogens with one attached hydrogen (secondary N) is 1. The second-order valence-corrected chi connectivity index (χ2v) is 6.66. The Morgan fingerprint density at radius 2 is 1.86 bits per heavy atom. The molecule has 0 spiro atoms. The van der Waals surface area contributed by atoms with E-state index in [4.69, 9.17) is 9.15 Å². The van der Waals surface area contributed by atoms with Crippen molar-refractivity contribution in [1.29, 1.82) is 0 Å². The zero-order valence-electron chi connectivity index (χ0n) is 16.3. The smallest absolute Gasteiger partial charge is 0.292 e. The fraction of sp³-hybridized carbons (Fsp3) is 0.227. The van der Waals surface area contributed by atoms with Crippen LogP contribution >= 0.6 is 0 Å². The molecule has 150 valence electrons. The summed E-state index contributed by atoms with van der Waals surface area (Å²) in [4.78, 5) is 22.8. The number of rotatable bonds is 8. The predicted octanol–water partition coefficient (Wildman–Crippen LogP) is 5.53. The van der Waals surface area contributed by atoms with E-state index in [1.807, 2.05) is 24.3 Å². The normalized spacial score (nSPS) is 11.7. The van der Waals surface area contributed by atoms with Crippen molar-refractivity contribution in [2.45, 2.75) is 32.8 Å². The van der Waals surface area contributed by atoms with Gasteiger partial charge in [-0.05, 0) is 48.2 Å². The number of ether oxygens (including phenoxy) is 1. The molecule has 29 heavy (non-hydrogen) atoms. The van der Waals surface area contributed by atoms with Crippen molar-refractivity contribution in [3.8, 4) is 5.75 Å². The van der Waals surface area contributed by atoms with Crippen LogP contribution in [-0.2, 0) is 6.61 Å². The van der Waals surface area contributed by atoms with Gasteiger partial charge < -0.3 is 14.5 Å². The van der Waals surface area contributed by atoms with Gasteiger partial charge >= 0.3 is 0 Å². The Balaban J connectivity index is 1.61. The zero-order valence-corrected chi connectivity index (χ0v) is 16.3. The standard InChI is InChI=1S/C22H22N2O5/c1-3-15(2)16-8-10-17(11-9-16)28-14-18-12-13-21(29-18)22(25)23-19-6-4-5-7-20(19)24(26)27/h4-13,15H,3,14H2,1-2H3,(H,23,25). The maximum absolute atomic E-state index is 12.3. The molecule has 1 unspecified atom stereocenters. The summed E-state index contributed by atoms with van der Waals surface area (Å²) in [6.07, 6.45) is 1.07. The van der Waals surface area contributed by atoms with Gasteiger partial charge in [0.25, 0.3) is 11.6 Å². The number of nitro benzene ring substituents is 1. The van der Waals surface area contributed by atoms with E-state index in [0.29, 0.717) is 17.4 Å². The van der Waals surface area contributed by atoms with E-state index in [1.165, 1.54) is 29.8 Å². The zero-order chi connectivity index (χ0) is 20.8. The van der Waals surface area contributed by atoms with Crippen molar-refractivity contribution in [3.63, 3.8) is 0 Å². The highest BCUT2D eigenvalue weighted by atomic mass is 16.6. The third kappa shape index (κ3) is 5.01. The number of amides is 1. The Morgan fingerprint density at radius 3 is 2.55 bits per heavy atom. The number of furan rings is 1. The molecule has 0 aliphatic rings. The van der Waals surface area contributed by atoms with Gasteiger partial charge in [-0.25, -0.2) is 0 Å². The number of anilines is 1. The van der Waals surface area contributed by atoms with Gasteiger partial charge in [0.15, 0.2) is 5.76 Å². The minimum absolute atomic E-state index is 0.0499. The largest absolute Gasteiger partial charge is 0.486 e. The maximum Gasteiger partial charge on any atom is 0.292 e. The van der Waals surface area contributed by atoms with Crippen molar-refractivity contribution in [2.24, 2.45) is 0 Å². The van der Waals surface area contributed by atoms with Crippen molar-refractivity contribution in [1.82, 2.24) is 0 Å². The molecule has 0 bridgehead atoms. The molecule has 0 radical (unpaired) electrons. The highest BCUT2D eigenvalue weighted by molar-refractivity contribution is 6.03. The monoisotopic (exact) mass is 394 g/mol. The van der Waals surface area contributed by atoms with Crippen LogP contribution in [0.15, 0.2) is 65.1 Å². The van der Waals surface area contributed by atoms with Gasteiger partial charge in [0.1, 0.15) is 23.8 Å². The van der Waals surface area contributed by atoms with E-state index in [0.717, 1.165) is 6.42 Å². The van der Waals surface area contributed by atoms with Gasteiger partial charge in [-0.15, -0.1) is 0 Å². The molecular weight excluding hydrogens is 372 g/mol. The number of hydrogen-bond acceptors (Lipinski definition) is 5. The highest BCUT2D eigenvalue weighted by Crippen LogP contribution is 2.25. The molecule has 7 heteroatoms. The van der Waals surface area contributed by atoms with Crippen LogP contribution in [0, 0.1) is 10.1 Å². The lowest BCUT2D eigenvalue weighted by Crippen LogP contribution is -2.12. The number of nitro groups is 1. The first-order valence-electron chi connectivity index (χ1n) is 9.34. The van der Waals surface area contributed by atoms with E-state index in [2.05, 4.69) is 19.2 Å². The number of hydrogen-bond donors (Lipinski definition) is 1. The average molecular weight is 394 g/mol. The molecule has 2 aromatic carbocycles. The fourth-order valence-electron chi connectivity index (χ4n) is 2.78. The fourth-order valence-corrected chi connectivity index (χ4v) is 2.78. The minimum Gasteiger partial charge on any atom is -0.486 e. The number of para-hydroxylation sites is 2. The number of nitrogens with zero attached hydrogens (tertiary/aromatic N) is 1. The number of carbonyl (C=O) groups excluding carboxylic acids is 1. The Labute approximate surface area is 168 Å². The van der Waals surface area contributed by atoms with Gasteiger partial charge in [0, 0.05) is 6.07 Å². The lowest BCUT2D eigenvalue weighted by molar-refractivity contribution is -0.383. The summed E-state index contributed by atoms with van der Waals surface area (Å²) >= 11 is 0. The van der Waals surface area contributed by atoms with Crippen LogP contribution in [0.3, 0.4) is 0 Å². The van der Waals surface area contributed by atoms with Gasteiger partial charge in [0.05, 0.1) is 4.92 Å². The van der Waals surface area contributed by atoms with E-state index in [-0.39, 0.29) is 23.7 Å². The summed E-state index contributed by atoms with van der Waals surface area (Å²) in [7, 11) is 0. The molecule has 3 rings (SSSR count). The number of carbonyl (C=O) groups is 1. The van der Waals surface area contributed by atoms with Crippen molar-refractivity contribution >= 4 is 17.3 Å². The summed E-state index contributed by atoms with van der Waals surface area (Å²) < 4.78 is 11.2. The first-order valence-corrected chi connectivity index (χ1v) is 9.34. The van der Waals surface area contributed by atoms with Crippen LogP contribution in [0.25, 0.3) is 0 Å². The molecule has 0 fully saturated rings. The third-order valence-electron chi connectivity index (χ3n) is 4.68. The summed E-state index contributed by atoms with van der Waals surface area (Å²) in [5, 5.41) is 13.6. The van der Waals surface area contributed by atoms with Crippen molar-refractivity contribution in [2.75, 3.05) is 5.32 Å². The molecule has 1 aromatic heterocycles. The first-order chi connectivity index (χ1) is 14.0. The molecule has 1 atom stereocenters. The first kappa shape index (κ1) is 20.1. The average Bonchev–Trinajstić information content (AvgIpc) is 3.21. The Kier molecular flexibility index (Phi) is 6.29. The van der Waals surface area contributed by atoms with Gasteiger partial charge in [-0.2, -0.15) is 0 Å². The van der Waals surface area contributed by atoms with E-state index in [1.54, 1.807) is 12.1 Å². The molecule has 0 saturated carbocycles. The van der Waals surface area contributed by atoms with Crippen LogP contribution in [0.4, 0.5) is 11.4 Å². The molecule has 1 N–H and O–H groups in total. The molecule has 1 heterocycles. The maximum atomic E-state index is 12.3. The Hall–Kier alpha value is -3.61. The van der Waals surface area contributed by atoms with E-state index >= 15 is 0 Å². The Bertz CT molecular complexity index is 994. The number of benzene rings is 2. The molecule has 0 saturated heterocycles. The highest BCUT2D eigenvalue weighted by Gasteiger charge is 2.18. The Morgan fingerprint density at radius 1 is 1.14 bits per heavy atom. The van der Waals surface area contributed by atoms with Crippen LogP contribution in [-0.4, -0.2) is 10.8 Å². The molecule has 1 amide bonds. The van der Waals surface area contributed by atoms with Crippen molar-refractivity contribution < 1.29 is 18.9 Å². The summed E-state index contributed by atoms with van der Waals surface area (Å²) in [5.41, 5.74) is 1.18. The summed E-state index contributed by atoms with van der Waals surface area (Å²) in [6.45, 7) is 4.49. The van der Waals surface area contributed by atoms with Gasteiger partial charge in [-0.1, -0.05) is 38.1 Å². The van der Waals surface area contributed by atoms with E-state index in [9.17, 15) is 14.9 Å². The van der Waals surface area contributed by atoms with Crippen LogP contribution in [0.2, 0.25) is 0 Å². The lowest BCUT2D eigenvalue weighted by atomic mass is 9.99. The minimum atomic E-state index is -0.566. The van der Waals surface area contributed by atoms with Gasteiger partial charge in [0.2, 0.25) is 0 Å². The molecule has 7 nitrogen and oxygen atoms in total. The lowest BCUT2D eigenvalue weighted by Gasteiger charge is -2.10. The summed E-state index contributed by atoms with van der Waals surface area (Å²) in [6, 6.07) is 17.0. The SMILES string of the molecule is CCC(C)c1ccc(OCc2ccc(C(=O)Nc3ccccc3[N+](=O)[O-])o2)cc1.